The third kappa shape index (κ3) is 2.82. The van der Waals surface area contributed by atoms with Crippen LogP contribution in [-0.2, 0) is 4.79 Å². The molecule has 1 atom stereocenters. The molecule has 4 nitrogen and oxygen atoms in total. The molecule has 98 valence electrons. The molecule has 1 aliphatic heterocycles. The highest BCUT2D eigenvalue weighted by Crippen LogP contribution is 2.17. The lowest BCUT2D eigenvalue weighted by molar-refractivity contribution is -0.142. The predicted octanol–water partition coefficient (Wildman–Crippen LogP) is 1.59. The van der Waals surface area contributed by atoms with Gasteiger partial charge in [0.05, 0.1) is 0 Å². The molecule has 0 spiro atoms. The van der Waals surface area contributed by atoms with Crippen LogP contribution in [0.3, 0.4) is 0 Å². The Morgan fingerprint density at radius 1 is 1.17 bits per heavy atom. The largest absolute Gasteiger partial charge is 0.480 e. The number of carboxylic acids is 1. The number of nitrogens with zero attached hydrogens (tertiary/aromatic N) is 2. The van der Waals surface area contributed by atoms with Crippen molar-refractivity contribution < 1.29 is 9.90 Å². The molecule has 0 radical (unpaired) electrons. The second kappa shape index (κ2) is 5.40. The van der Waals surface area contributed by atoms with E-state index in [4.69, 9.17) is 5.11 Å². The fraction of sp³-hybridized carbons (Fsp3) is 0.500. The Balaban J connectivity index is 1.94. The van der Waals surface area contributed by atoms with E-state index in [9.17, 15) is 4.79 Å². The van der Waals surface area contributed by atoms with Crippen LogP contribution in [0, 0.1) is 6.92 Å². The van der Waals surface area contributed by atoms with E-state index in [0.717, 1.165) is 26.2 Å². The molecule has 0 bridgehead atoms. The van der Waals surface area contributed by atoms with E-state index in [1.807, 2.05) is 4.90 Å². The van der Waals surface area contributed by atoms with Gasteiger partial charge in [0.1, 0.15) is 6.04 Å². The zero-order valence-corrected chi connectivity index (χ0v) is 11.0. The van der Waals surface area contributed by atoms with Crippen LogP contribution in [-0.4, -0.2) is 48.2 Å². The first-order valence-electron chi connectivity index (χ1n) is 6.36. The normalized spacial score (nSPS) is 18.7. The molecule has 1 fully saturated rings. The molecule has 0 aliphatic carbocycles. The van der Waals surface area contributed by atoms with Crippen LogP contribution in [0.15, 0.2) is 24.3 Å². The van der Waals surface area contributed by atoms with Gasteiger partial charge in [0, 0.05) is 31.9 Å². The van der Waals surface area contributed by atoms with Crippen LogP contribution in [0.2, 0.25) is 0 Å². The lowest BCUT2D eigenvalue weighted by atomic mass is 10.2. The minimum absolute atomic E-state index is 0.384. The average Bonchev–Trinajstić information content (AvgIpc) is 2.39. The van der Waals surface area contributed by atoms with Crippen LogP contribution in [0.5, 0.6) is 0 Å². The number of hydrogen-bond donors (Lipinski definition) is 1. The molecule has 0 aromatic heterocycles. The first kappa shape index (κ1) is 12.9. The van der Waals surface area contributed by atoms with Crippen LogP contribution in [0.1, 0.15) is 12.5 Å². The molecule has 1 unspecified atom stereocenters. The molecule has 18 heavy (non-hydrogen) atoms. The van der Waals surface area contributed by atoms with E-state index in [2.05, 4.69) is 36.1 Å². The monoisotopic (exact) mass is 248 g/mol. The van der Waals surface area contributed by atoms with E-state index in [0.29, 0.717) is 0 Å². The molecule has 2 rings (SSSR count). The molecule has 1 saturated heterocycles. The lowest BCUT2D eigenvalue weighted by Crippen LogP contribution is -2.51. The standard InChI is InChI=1S/C14H20N2O2/c1-11-3-5-13(6-4-11)16-9-7-15(8-10-16)12(2)14(17)18/h3-6,12H,7-10H2,1-2H3,(H,17,18). The maximum Gasteiger partial charge on any atom is 0.320 e. The third-order valence-electron chi connectivity index (χ3n) is 3.62. The Kier molecular flexibility index (Phi) is 3.87. The number of piperazine rings is 1. The van der Waals surface area contributed by atoms with Gasteiger partial charge in [0.25, 0.3) is 0 Å². The van der Waals surface area contributed by atoms with Crippen LogP contribution in [0.4, 0.5) is 5.69 Å². The number of benzene rings is 1. The van der Waals surface area contributed by atoms with E-state index in [-0.39, 0.29) is 6.04 Å². The molecule has 0 saturated carbocycles. The van der Waals surface area contributed by atoms with Crippen molar-refractivity contribution in [1.82, 2.24) is 4.90 Å². The van der Waals surface area contributed by atoms with Crippen molar-refractivity contribution in [2.45, 2.75) is 19.9 Å². The summed E-state index contributed by atoms with van der Waals surface area (Å²) in [5.74, 6) is -0.737. The van der Waals surface area contributed by atoms with Crippen LogP contribution in [0.25, 0.3) is 0 Å². The Morgan fingerprint density at radius 3 is 2.22 bits per heavy atom. The van der Waals surface area contributed by atoms with E-state index in [1.165, 1.54) is 11.3 Å². The summed E-state index contributed by atoms with van der Waals surface area (Å²) in [6.07, 6.45) is 0. The zero-order chi connectivity index (χ0) is 13.1. The van der Waals surface area contributed by atoms with E-state index in [1.54, 1.807) is 6.92 Å². The topological polar surface area (TPSA) is 43.8 Å². The molecule has 1 N–H and O–H groups in total. The van der Waals surface area contributed by atoms with Gasteiger partial charge in [-0.1, -0.05) is 17.7 Å². The number of carboxylic acid groups (broad SMARTS) is 1. The molecular weight excluding hydrogens is 228 g/mol. The van der Waals surface area contributed by atoms with Crippen molar-refractivity contribution in [2.75, 3.05) is 31.1 Å². The van der Waals surface area contributed by atoms with Gasteiger partial charge in [-0.3, -0.25) is 9.69 Å². The second-order valence-electron chi connectivity index (χ2n) is 4.87. The van der Waals surface area contributed by atoms with Crippen molar-refractivity contribution in [3.63, 3.8) is 0 Å². The van der Waals surface area contributed by atoms with Gasteiger partial charge in [-0.2, -0.15) is 0 Å². The first-order valence-corrected chi connectivity index (χ1v) is 6.36. The number of hydrogen-bond acceptors (Lipinski definition) is 3. The maximum atomic E-state index is 10.9. The Morgan fingerprint density at radius 2 is 1.72 bits per heavy atom. The molecule has 1 aliphatic rings. The van der Waals surface area contributed by atoms with Crippen LogP contribution >= 0.6 is 0 Å². The van der Waals surface area contributed by atoms with E-state index >= 15 is 0 Å². The highest BCUT2D eigenvalue weighted by Gasteiger charge is 2.24. The lowest BCUT2D eigenvalue weighted by Gasteiger charge is -2.37. The van der Waals surface area contributed by atoms with Crippen molar-refractivity contribution in [3.05, 3.63) is 29.8 Å². The molecule has 0 amide bonds. The minimum atomic E-state index is -0.737. The van der Waals surface area contributed by atoms with Gasteiger partial charge in [-0.05, 0) is 26.0 Å². The third-order valence-corrected chi connectivity index (χ3v) is 3.62. The number of rotatable bonds is 3. The smallest absolute Gasteiger partial charge is 0.320 e. The Bertz CT molecular complexity index is 408. The summed E-state index contributed by atoms with van der Waals surface area (Å²) >= 11 is 0. The first-order chi connectivity index (χ1) is 8.58. The molecule has 1 aromatic carbocycles. The summed E-state index contributed by atoms with van der Waals surface area (Å²) in [6.45, 7) is 7.23. The fourth-order valence-corrected chi connectivity index (χ4v) is 2.28. The molecule has 1 heterocycles. The summed E-state index contributed by atoms with van der Waals surface area (Å²) in [7, 11) is 0. The van der Waals surface area contributed by atoms with Crippen LogP contribution < -0.4 is 4.90 Å². The Labute approximate surface area is 108 Å². The minimum Gasteiger partial charge on any atom is -0.480 e. The maximum absolute atomic E-state index is 10.9. The van der Waals surface area contributed by atoms with Gasteiger partial charge in [0.2, 0.25) is 0 Å². The second-order valence-corrected chi connectivity index (χ2v) is 4.87. The highest BCUT2D eigenvalue weighted by atomic mass is 16.4. The van der Waals surface area contributed by atoms with E-state index < -0.39 is 5.97 Å². The molecule has 1 aromatic rings. The number of carbonyl (C=O) groups is 1. The predicted molar refractivity (Wildman–Crippen MR) is 72.1 cm³/mol. The summed E-state index contributed by atoms with van der Waals surface area (Å²) in [6, 6.07) is 8.10. The fourth-order valence-electron chi connectivity index (χ4n) is 2.28. The van der Waals surface area contributed by atoms with Crippen molar-refractivity contribution in [3.8, 4) is 0 Å². The molecular formula is C14H20N2O2. The number of aryl methyl sites for hydroxylation is 1. The highest BCUT2D eigenvalue weighted by molar-refractivity contribution is 5.72. The van der Waals surface area contributed by atoms with Gasteiger partial charge in [0.15, 0.2) is 0 Å². The van der Waals surface area contributed by atoms with Gasteiger partial charge >= 0.3 is 5.97 Å². The summed E-state index contributed by atoms with van der Waals surface area (Å²) in [5, 5.41) is 8.99. The van der Waals surface area contributed by atoms with Gasteiger partial charge in [-0.15, -0.1) is 0 Å². The van der Waals surface area contributed by atoms with Gasteiger partial charge < -0.3 is 10.0 Å². The summed E-state index contributed by atoms with van der Waals surface area (Å²) < 4.78 is 0. The number of aliphatic carboxylic acids is 1. The van der Waals surface area contributed by atoms with Crippen molar-refractivity contribution in [2.24, 2.45) is 0 Å². The SMILES string of the molecule is Cc1ccc(N2CCN(C(C)C(=O)O)CC2)cc1. The average molecular weight is 248 g/mol. The number of anilines is 1. The van der Waals surface area contributed by atoms with Crippen molar-refractivity contribution >= 4 is 11.7 Å². The summed E-state index contributed by atoms with van der Waals surface area (Å²) in [5.41, 5.74) is 2.49. The molecule has 4 heteroatoms. The summed E-state index contributed by atoms with van der Waals surface area (Å²) in [4.78, 5) is 15.3. The quantitative estimate of drug-likeness (QED) is 0.882. The van der Waals surface area contributed by atoms with Gasteiger partial charge in [-0.25, -0.2) is 0 Å². The zero-order valence-electron chi connectivity index (χ0n) is 11.0. The van der Waals surface area contributed by atoms with Crippen molar-refractivity contribution in [1.29, 1.82) is 0 Å². The Hall–Kier alpha value is -1.55.